The van der Waals surface area contributed by atoms with Crippen molar-refractivity contribution in [3.8, 4) is 0 Å². The van der Waals surface area contributed by atoms with Gasteiger partial charge in [0.2, 0.25) is 0 Å². The van der Waals surface area contributed by atoms with E-state index in [2.05, 4.69) is 27.4 Å². The molecular weight excluding hydrogens is 360 g/mol. The van der Waals surface area contributed by atoms with Crippen molar-refractivity contribution >= 4 is 5.97 Å². The third-order valence-corrected chi connectivity index (χ3v) is 6.91. The number of benzene rings is 1. The molecule has 5 atom stereocenters. The molecule has 2 aliphatic carbocycles. The minimum absolute atomic E-state index is 0.138. The van der Waals surface area contributed by atoms with Gasteiger partial charge in [0, 0.05) is 5.92 Å². The summed E-state index contributed by atoms with van der Waals surface area (Å²) in [6.07, 6.45) is 9.25. The second-order valence-corrected chi connectivity index (χ2v) is 9.28. The number of rotatable bonds is 7. The first-order valence-electron chi connectivity index (χ1n) is 11.2. The van der Waals surface area contributed by atoms with Gasteiger partial charge in [-0.2, -0.15) is 0 Å². The average Bonchev–Trinajstić information content (AvgIpc) is 3.24. The maximum atomic E-state index is 13.6. The number of carbonyl (C=O) groups is 1. The number of hydrogen-bond donors (Lipinski definition) is 1. The van der Waals surface area contributed by atoms with E-state index in [1.807, 2.05) is 36.4 Å². The summed E-state index contributed by atoms with van der Waals surface area (Å²) in [4.78, 5) is 13.6. The molecule has 2 aliphatic rings. The van der Waals surface area contributed by atoms with Crippen LogP contribution in [0.1, 0.15) is 70.8 Å². The number of aliphatic hydroxyl groups is 1. The molecule has 158 valence electrons. The van der Waals surface area contributed by atoms with E-state index in [-0.39, 0.29) is 6.10 Å². The van der Waals surface area contributed by atoms with Crippen molar-refractivity contribution in [3.05, 3.63) is 60.2 Å². The fraction of sp³-hybridized carbons (Fsp3) is 0.577. The molecule has 3 heteroatoms. The molecule has 0 amide bonds. The highest BCUT2D eigenvalue weighted by Crippen LogP contribution is 2.43. The minimum Gasteiger partial charge on any atom is -0.460 e. The molecule has 0 saturated heterocycles. The fourth-order valence-corrected chi connectivity index (χ4v) is 5.16. The molecule has 1 aromatic carbocycles. The first-order chi connectivity index (χ1) is 13.9. The Morgan fingerprint density at radius 2 is 2.00 bits per heavy atom. The number of ether oxygens (including phenoxy) is 1. The predicted octanol–water partition coefficient (Wildman–Crippen LogP) is 5.80. The Bertz CT molecular complexity index is 736. The molecule has 1 fully saturated rings. The summed E-state index contributed by atoms with van der Waals surface area (Å²) in [7, 11) is 0. The van der Waals surface area contributed by atoms with E-state index < -0.39 is 17.5 Å². The van der Waals surface area contributed by atoms with E-state index in [4.69, 9.17) is 4.74 Å². The molecule has 3 nitrogen and oxygen atoms in total. The first-order valence-corrected chi connectivity index (χ1v) is 11.2. The van der Waals surface area contributed by atoms with Crippen molar-refractivity contribution in [2.24, 2.45) is 17.8 Å². The Hall–Kier alpha value is -1.87. The van der Waals surface area contributed by atoms with Crippen molar-refractivity contribution in [1.82, 2.24) is 0 Å². The highest BCUT2D eigenvalue weighted by atomic mass is 16.6. The summed E-state index contributed by atoms with van der Waals surface area (Å²) in [6, 6.07) is 9.68. The quantitative estimate of drug-likeness (QED) is 0.468. The molecule has 0 bridgehead atoms. The maximum Gasteiger partial charge on any atom is 0.343 e. The van der Waals surface area contributed by atoms with Crippen LogP contribution in [0.5, 0.6) is 0 Å². The third-order valence-electron chi connectivity index (χ3n) is 6.91. The number of hydrogen-bond acceptors (Lipinski definition) is 3. The predicted molar refractivity (Wildman–Crippen MR) is 117 cm³/mol. The normalized spacial score (nSPS) is 27.8. The smallest absolute Gasteiger partial charge is 0.343 e. The van der Waals surface area contributed by atoms with E-state index in [0.29, 0.717) is 17.8 Å². The fourth-order valence-electron chi connectivity index (χ4n) is 5.16. The van der Waals surface area contributed by atoms with Gasteiger partial charge in [-0.3, -0.25) is 0 Å². The van der Waals surface area contributed by atoms with Crippen LogP contribution in [0.2, 0.25) is 0 Å². The highest BCUT2D eigenvalue weighted by Gasteiger charge is 2.50. The zero-order valence-corrected chi connectivity index (χ0v) is 18.1. The second-order valence-electron chi connectivity index (χ2n) is 9.28. The lowest BCUT2D eigenvalue weighted by molar-refractivity contribution is -0.175. The van der Waals surface area contributed by atoms with Gasteiger partial charge in [-0.15, -0.1) is 6.58 Å². The van der Waals surface area contributed by atoms with Crippen molar-refractivity contribution in [2.75, 3.05) is 0 Å². The number of carbonyl (C=O) groups excluding carboxylic acids is 1. The van der Waals surface area contributed by atoms with Gasteiger partial charge in [0.15, 0.2) is 5.60 Å². The third kappa shape index (κ3) is 4.50. The minimum atomic E-state index is -1.69. The van der Waals surface area contributed by atoms with Crippen LogP contribution in [-0.2, 0) is 9.53 Å². The van der Waals surface area contributed by atoms with Gasteiger partial charge >= 0.3 is 5.97 Å². The standard InChI is InChI=1S/C26H36O3/c1-5-23(20-11-7-6-8-12-20)26(28,21-13-9-10-14-21)25(27)29-24-17-19(4)15-16-22(24)18(2)3/h5-8,11-13,18-19,22-24,28H,1,9-10,14-17H2,2-4H3/t19-,22+,23-,24-,26-/m1/s1. The summed E-state index contributed by atoms with van der Waals surface area (Å²) in [5.41, 5.74) is -0.0321. The van der Waals surface area contributed by atoms with E-state index in [1.54, 1.807) is 6.08 Å². The van der Waals surface area contributed by atoms with Crippen LogP contribution in [0.15, 0.2) is 54.6 Å². The van der Waals surface area contributed by atoms with Gasteiger partial charge < -0.3 is 9.84 Å². The zero-order valence-electron chi connectivity index (χ0n) is 18.1. The van der Waals surface area contributed by atoms with Crippen LogP contribution in [0.25, 0.3) is 0 Å². The molecule has 1 N–H and O–H groups in total. The van der Waals surface area contributed by atoms with Crippen molar-refractivity contribution in [3.63, 3.8) is 0 Å². The molecule has 0 radical (unpaired) electrons. The van der Waals surface area contributed by atoms with Crippen LogP contribution in [0, 0.1) is 17.8 Å². The SMILES string of the molecule is C=C[C@H](c1ccccc1)[C@@](O)(C(=O)O[C@@H]1C[C@H](C)CC[C@H]1C(C)C)C1=CCCC1. The Morgan fingerprint density at radius 3 is 2.59 bits per heavy atom. The summed E-state index contributed by atoms with van der Waals surface area (Å²) < 4.78 is 6.14. The molecule has 1 saturated carbocycles. The molecule has 0 aliphatic heterocycles. The van der Waals surface area contributed by atoms with Crippen LogP contribution >= 0.6 is 0 Å². The van der Waals surface area contributed by atoms with Gasteiger partial charge in [0.05, 0.1) is 0 Å². The first kappa shape index (κ1) is 21.8. The van der Waals surface area contributed by atoms with Gasteiger partial charge in [0.1, 0.15) is 6.10 Å². The maximum absolute atomic E-state index is 13.6. The van der Waals surface area contributed by atoms with E-state index in [1.165, 1.54) is 6.42 Å². The summed E-state index contributed by atoms with van der Waals surface area (Å²) >= 11 is 0. The molecule has 1 aromatic rings. The van der Waals surface area contributed by atoms with E-state index in [9.17, 15) is 9.90 Å². The van der Waals surface area contributed by atoms with E-state index in [0.717, 1.165) is 43.2 Å². The molecule has 3 rings (SSSR count). The molecule has 29 heavy (non-hydrogen) atoms. The van der Waals surface area contributed by atoms with Crippen molar-refractivity contribution in [1.29, 1.82) is 0 Å². The van der Waals surface area contributed by atoms with Crippen LogP contribution in [-0.4, -0.2) is 22.8 Å². The van der Waals surface area contributed by atoms with Crippen LogP contribution in [0.3, 0.4) is 0 Å². The summed E-state index contributed by atoms with van der Waals surface area (Å²) in [5.74, 6) is 0.286. The summed E-state index contributed by atoms with van der Waals surface area (Å²) in [5, 5.41) is 11.9. The van der Waals surface area contributed by atoms with Gasteiger partial charge in [-0.25, -0.2) is 4.79 Å². The Balaban J connectivity index is 1.93. The van der Waals surface area contributed by atoms with Gasteiger partial charge in [-0.05, 0) is 61.0 Å². The lowest BCUT2D eigenvalue weighted by Gasteiger charge is -2.40. The molecule has 0 heterocycles. The summed E-state index contributed by atoms with van der Waals surface area (Å²) in [6.45, 7) is 10.6. The number of allylic oxidation sites excluding steroid dienone is 1. The highest BCUT2D eigenvalue weighted by molar-refractivity contribution is 5.86. The molecule has 0 aromatic heterocycles. The average molecular weight is 397 g/mol. The molecule has 0 spiro atoms. The topological polar surface area (TPSA) is 46.5 Å². The Morgan fingerprint density at radius 1 is 1.28 bits per heavy atom. The van der Waals surface area contributed by atoms with Crippen LogP contribution in [0.4, 0.5) is 0 Å². The van der Waals surface area contributed by atoms with Crippen molar-refractivity contribution < 1.29 is 14.6 Å². The number of esters is 1. The van der Waals surface area contributed by atoms with E-state index >= 15 is 0 Å². The Kier molecular flexibility index (Phi) is 7.00. The van der Waals surface area contributed by atoms with Gasteiger partial charge in [-0.1, -0.05) is 69.7 Å². The zero-order chi connectivity index (χ0) is 21.0. The molecular formula is C26H36O3. The van der Waals surface area contributed by atoms with Crippen LogP contribution < -0.4 is 0 Å². The van der Waals surface area contributed by atoms with Gasteiger partial charge in [0.25, 0.3) is 0 Å². The second kappa shape index (κ2) is 9.30. The lowest BCUT2D eigenvalue weighted by Crippen LogP contribution is -2.49. The molecule has 0 unspecified atom stereocenters. The lowest BCUT2D eigenvalue weighted by atomic mass is 9.74. The Labute approximate surface area is 175 Å². The van der Waals surface area contributed by atoms with Crippen molar-refractivity contribution in [2.45, 2.75) is 76.9 Å². The monoisotopic (exact) mass is 396 g/mol. The largest absolute Gasteiger partial charge is 0.460 e.